The number of benzene rings is 2. The molecule has 1 aliphatic heterocycles. The Labute approximate surface area is 318 Å². The van der Waals surface area contributed by atoms with Gasteiger partial charge in [0, 0.05) is 37.5 Å². The summed E-state index contributed by atoms with van der Waals surface area (Å²) in [5.74, 6) is 4.67. The number of aromatic nitrogens is 4. The summed E-state index contributed by atoms with van der Waals surface area (Å²) in [4.78, 5) is 37.0. The fourth-order valence-electron chi connectivity index (χ4n) is 10.5. The normalized spacial score (nSPS) is 24.4. The minimum Gasteiger partial charge on any atom is -0.455 e. The number of carbonyl (C=O) groups is 2. The first-order chi connectivity index (χ1) is 26.3. The molecule has 5 aliphatic rings. The standard InChI is InChI=1S/C43H56N8O3/c1-3-37(52)48-35-23-32(10-11-36(35)54-34-8-5-4-6-9-34)39-38-40(44)46-27-47-41(38)51(49-39)33-13-18-50(19-14-33)17-7-16-45-42(53)28(2)12-15-43-24-29-20-30(25-43)22-31(21-29)26-43/h4-6,8-11,23,27-31,33H,3,7,12-22,24-26H2,1-2H3,(H,45,53)(H,48,52)(H2,44,46,47). The van der Waals surface area contributed by atoms with E-state index in [9.17, 15) is 9.59 Å². The van der Waals surface area contributed by atoms with Gasteiger partial charge in [0.1, 0.15) is 23.6 Å². The van der Waals surface area contributed by atoms with Gasteiger partial charge < -0.3 is 26.0 Å². The van der Waals surface area contributed by atoms with Crippen LogP contribution in [0.15, 0.2) is 54.9 Å². The lowest BCUT2D eigenvalue weighted by Crippen LogP contribution is -2.46. The largest absolute Gasteiger partial charge is 0.455 e. The third kappa shape index (κ3) is 7.83. The highest BCUT2D eigenvalue weighted by Gasteiger charge is 2.50. The van der Waals surface area contributed by atoms with Crippen molar-refractivity contribution >= 4 is 34.4 Å². The van der Waals surface area contributed by atoms with Crippen molar-refractivity contribution in [3.05, 3.63) is 54.9 Å². The summed E-state index contributed by atoms with van der Waals surface area (Å²) < 4.78 is 8.17. The summed E-state index contributed by atoms with van der Waals surface area (Å²) in [6.45, 7) is 7.50. The van der Waals surface area contributed by atoms with Crippen molar-refractivity contribution in [1.29, 1.82) is 0 Å². The van der Waals surface area contributed by atoms with Gasteiger partial charge in [-0.15, -0.1) is 0 Å². The fourth-order valence-corrected chi connectivity index (χ4v) is 10.5. The number of amides is 2. The number of carbonyl (C=O) groups excluding carboxylic acids is 2. The van der Waals surface area contributed by atoms with Crippen molar-refractivity contribution in [3.63, 3.8) is 0 Å². The topological polar surface area (TPSA) is 140 Å². The van der Waals surface area contributed by atoms with Crippen molar-refractivity contribution in [3.8, 4) is 22.8 Å². The molecule has 2 amide bonds. The quantitative estimate of drug-likeness (QED) is 0.111. The number of fused-ring (bicyclic) bond motifs is 1. The summed E-state index contributed by atoms with van der Waals surface area (Å²) in [5.41, 5.74) is 9.74. The highest BCUT2D eigenvalue weighted by molar-refractivity contribution is 6.00. The average Bonchev–Trinajstić information content (AvgIpc) is 3.57. The second-order valence-electron chi connectivity index (χ2n) is 16.9. The fraction of sp³-hybridized carbons (Fsp3) is 0.558. The molecule has 0 radical (unpaired) electrons. The molecular formula is C43H56N8O3. The van der Waals surface area contributed by atoms with Crippen LogP contribution in [-0.4, -0.2) is 62.6 Å². The predicted octanol–water partition coefficient (Wildman–Crippen LogP) is 7.99. The Hall–Kier alpha value is -4.51. The molecule has 4 aliphatic carbocycles. The summed E-state index contributed by atoms with van der Waals surface area (Å²) in [7, 11) is 0. The number of nitrogens with zero attached hydrogens (tertiary/aromatic N) is 5. The van der Waals surface area contributed by atoms with Gasteiger partial charge in [-0.3, -0.25) is 9.59 Å². The first-order valence-electron chi connectivity index (χ1n) is 20.4. The van der Waals surface area contributed by atoms with E-state index in [4.69, 9.17) is 15.6 Å². The highest BCUT2D eigenvalue weighted by atomic mass is 16.5. The number of likely N-dealkylation sites (tertiary alicyclic amines) is 1. The van der Waals surface area contributed by atoms with Gasteiger partial charge in [-0.05, 0) is 131 Å². The molecule has 2 aromatic heterocycles. The van der Waals surface area contributed by atoms with E-state index in [-0.39, 0.29) is 23.8 Å². The van der Waals surface area contributed by atoms with Gasteiger partial charge in [-0.1, -0.05) is 32.0 Å². The molecule has 4 aromatic rings. The number of rotatable bonds is 14. The molecule has 4 saturated carbocycles. The molecule has 4 N–H and O–H groups in total. The van der Waals surface area contributed by atoms with Gasteiger partial charge in [0.2, 0.25) is 11.8 Å². The molecule has 54 heavy (non-hydrogen) atoms. The Morgan fingerprint density at radius 1 is 1.00 bits per heavy atom. The number of hydrogen-bond acceptors (Lipinski definition) is 8. The molecule has 0 spiro atoms. The number of ether oxygens (including phenoxy) is 1. The second-order valence-corrected chi connectivity index (χ2v) is 16.9. The van der Waals surface area contributed by atoms with Gasteiger partial charge in [-0.25, -0.2) is 14.6 Å². The molecule has 3 heterocycles. The summed E-state index contributed by atoms with van der Waals surface area (Å²) in [5, 5.41) is 12.1. The van der Waals surface area contributed by atoms with Crippen LogP contribution in [0.2, 0.25) is 0 Å². The number of para-hydroxylation sites is 1. The van der Waals surface area contributed by atoms with Gasteiger partial charge in [0.25, 0.3) is 0 Å². The molecule has 9 rings (SSSR count). The summed E-state index contributed by atoms with van der Waals surface area (Å²) in [6.07, 6.45) is 15.6. The lowest BCUT2D eigenvalue weighted by Gasteiger charge is -2.57. The molecular weight excluding hydrogens is 677 g/mol. The minimum atomic E-state index is -0.116. The zero-order chi connectivity index (χ0) is 37.2. The van der Waals surface area contributed by atoms with Crippen LogP contribution in [0.3, 0.4) is 0 Å². The Morgan fingerprint density at radius 2 is 1.72 bits per heavy atom. The molecule has 2 aromatic carbocycles. The van der Waals surface area contributed by atoms with E-state index in [1.807, 2.05) is 60.1 Å². The Kier molecular flexibility index (Phi) is 10.6. The first-order valence-corrected chi connectivity index (χ1v) is 20.4. The predicted molar refractivity (Wildman–Crippen MR) is 212 cm³/mol. The maximum Gasteiger partial charge on any atom is 0.224 e. The zero-order valence-corrected chi connectivity index (χ0v) is 31.9. The lowest BCUT2D eigenvalue weighted by atomic mass is 9.48. The smallest absolute Gasteiger partial charge is 0.224 e. The third-order valence-electron chi connectivity index (χ3n) is 12.9. The van der Waals surface area contributed by atoms with E-state index in [0.717, 1.165) is 75.2 Å². The lowest BCUT2D eigenvalue weighted by molar-refractivity contribution is -0.125. The molecule has 1 unspecified atom stereocenters. The van der Waals surface area contributed by atoms with Crippen LogP contribution < -0.4 is 21.1 Å². The van der Waals surface area contributed by atoms with Gasteiger partial charge in [-0.2, -0.15) is 5.10 Å². The maximum atomic E-state index is 13.0. The minimum absolute atomic E-state index is 0.0858. The van der Waals surface area contributed by atoms with Crippen molar-refractivity contribution < 1.29 is 14.3 Å². The Balaban J connectivity index is 0.864. The van der Waals surface area contributed by atoms with Crippen LogP contribution >= 0.6 is 0 Å². The molecule has 4 bridgehead atoms. The van der Waals surface area contributed by atoms with Gasteiger partial charge >= 0.3 is 0 Å². The SMILES string of the molecule is CCC(=O)Nc1cc(-c2nn(C3CCN(CCCNC(=O)C(C)CCC45CC6CC(CC(C6)C4)C5)CC3)c3ncnc(N)c23)ccc1Oc1ccccc1. The van der Waals surface area contributed by atoms with Crippen LogP contribution in [-0.2, 0) is 9.59 Å². The summed E-state index contributed by atoms with van der Waals surface area (Å²) in [6, 6.07) is 15.3. The number of piperidine rings is 1. The molecule has 11 heteroatoms. The Morgan fingerprint density at radius 3 is 2.43 bits per heavy atom. The van der Waals surface area contributed by atoms with Crippen molar-refractivity contribution in [2.24, 2.45) is 29.1 Å². The zero-order valence-electron chi connectivity index (χ0n) is 31.9. The van der Waals surface area contributed by atoms with Gasteiger partial charge in [0.05, 0.1) is 17.1 Å². The van der Waals surface area contributed by atoms with Crippen LogP contribution in [0.5, 0.6) is 11.5 Å². The molecule has 11 nitrogen and oxygen atoms in total. The average molecular weight is 733 g/mol. The van der Waals surface area contributed by atoms with Crippen molar-refractivity contribution in [2.45, 2.75) is 96.9 Å². The summed E-state index contributed by atoms with van der Waals surface area (Å²) >= 11 is 0. The van der Waals surface area contributed by atoms with Crippen LogP contribution in [0.4, 0.5) is 11.5 Å². The number of nitrogens with two attached hydrogens (primary N) is 1. The van der Waals surface area contributed by atoms with E-state index in [0.29, 0.717) is 51.6 Å². The van der Waals surface area contributed by atoms with Crippen molar-refractivity contribution in [1.82, 2.24) is 30.0 Å². The molecule has 286 valence electrons. The van der Waals surface area contributed by atoms with E-state index in [2.05, 4.69) is 32.4 Å². The second kappa shape index (κ2) is 15.7. The maximum absolute atomic E-state index is 13.0. The number of hydrogen-bond donors (Lipinski definition) is 3. The van der Waals surface area contributed by atoms with Crippen LogP contribution in [0, 0.1) is 29.1 Å². The Bertz CT molecular complexity index is 1920. The molecule has 1 saturated heterocycles. The van der Waals surface area contributed by atoms with E-state index >= 15 is 0 Å². The monoisotopic (exact) mass is 732 g/mol. The number of nitrogens with one attached hydrogen (secondary N) is 2. The number of nitrogen functional groups attached to an aromatic ring is 1. The van der Waals surface area contributed by atoms with E-state index in [1.54, 1.807) is 0 Å². The van der Waals surface area contributed by atoms with Crippen LogP contribution in [0.25, 0.3) is 22.3 Å². The molecule has 5 fully saturated rings. The first kappa shape index (κ1) is 36.5. The third-order valence-corrected chi connectivity index (χ3v) is 12.9. The van der Waals surface area contributed by atoms with Gasteiger partial charge in [0.15, 0.2) is 11.4 Å². The van der Waals surface area contributed by atoms with E-state index < -0.39 is 0 Å². The van der Waals surface area contributed by atoms with Crippen LogP contribution in [0.1, 0.15) is 96.9 Å². The van der Waals surface area contributed by atoms with E-state index in [1.165, 1.54) is 51.3 Å². The molecule has 1 atom stereocenters. The number of anilines is 2. The van der Waals surface area contributed by atoms with Crippen molar-refractivity contribution in [2.75, 3.05) is 37.2 Å². The highest BCUT2D eigenvalue weighted by Crippen LogP contribution is 2.61.